The van der Waals surface area contributed by atoms with Crippen LogP contribution in [0.2, 0.25) is 0 Å². The van der Waals surface area contributed by atoms with Gasteiger partial charge in [0.05, 0.1) is 29.3 Å². The van der Waals surface area contributed by atoms with E-state index in [1.54, 1.807) is 21.9 Å². The molecule has 2 fully saturated rings. The number of nitroso groups, excluding NO2 is 1. The number of nitrogens with zero attached hydrogens (tertiary/aromatic N) is 5. The molecule has 4 N–H and O–H groups in total. The topological polar surface area (TPSA) is 179 Å². The molecule has 1 saturated heterocycles. The van der Waals surface area contributed by atoms with Crippen LogP contribution in [0.25, 0.3) is 0 Å². The van der Waals surface area contributed by atoms with Crippen molar-refractivity contribution in [1.29, 1.82) is 0 Å². The Morgan fingerprint density at radius 2 is 1.83 bits per heavy atom. The van der Waals surface area contributed by atoms with E-state index in [0.29, 0.717) is 38.2 Å². The number of carbonyl (C=O) groups is 2. The van der Waals surface area contributed by atoms with Crippen molar-refractivity contribution >= 4 is 33.3 Å². The van der Waals surface area contributed by atoms with Crippen molar-refractivity contribution in [2.24, 2.45) is 22.7 Å². The lowest BCUT2D eigenvalue weighted by Gasteiger charge is -2.35. The smallest absolute Gasteiger partial charge is 0.321 e. The van der Waals surface area contributed by atoms with Gasteiger partial charge < -0.3 is 26.0 Å². The van der Waals surface area contributed by atoms with Crippen LogP contribution in [0.4, 0.5) is 4.79 Å². The van der Waals surface area contributed by atoms with Crippen LogP contribution in [0.1, 0.15) is 67.8 Å². The lowest BCUT2D eigenvalue weighted by atomic mass is 9.95. The number of nitrogens with two attached hydrogens (primary N) is 1. The zero-order valence-corrected chi connectivity index (χ0v) is 31.6. The fourth-order valence-corrected chi connectivity index (χ4v) is 9.34. The van der Waals surface area contributed by atoms with Gasteiger partial charge in [-0.3, -0.25) is 4.79 Å². The molecule has 15 heteroatoms. The molecule has 0 radical (unpaired) electrons. The van der Waals surface area contributed by atoms with E-state index in [9.17, 15) is 28.0 Å². The van der Waals surface area contributed by atoms with Crippen molar-refractivity contribution in [3.05, 3.63) is 86.7 Å². The SMILES string of the molecule is CC[C@H](C)[C@@H](C(=O)N[C@@H](Cc1ccccc1)[C@H](O)CN(CC1CCCC1)S(=O)(=O)c1ccc(CN=O)cc1)N1CCN(Cc2csc(CN)n2)C1=O. The maximum absolute atomic E-state index is 14.3. The van der Waals surface area contributed by atoms with Gasteiger partial charge in [0.25, 0.3) is 0 Å². The third kappa shape index (κ3) is 9.81. The number of amides is 3. The van der Waals surface area contributed by atoms with E-state index in [1.165, 1.54) is 27.8 Å². The van der Waals surface area contributed by atoms with Crippen molar-refractivity contribution in [1.82, 2.24) is 24.4 Å². The molecular weight excluding hydrogens is 703 g/mol. The first-order valence-electron chi connectivity index (χ1n) is 18.1. The predicted molar refractivity (Wildman–Crippen MR) is 201 cm³/mol. The molecule has 13 nitrogen and oxygen atoms in total. The Bertz CT molecular complexity index is 1730. The van der Waals surface area contributed by atoms with Crippen molar-refractivity contribution in [3.63, 3.8) is 0 Å². The average molecular weight is 754 g/mol. The fraction of sp³-hybridized carbons (Fsp3) is 0.541. The highest BCUT2D eigenvalue weighted by molar-refractivity contribution is 7.89. The number of aromatic nitrogens is 1. The van der Waals surface area contributed by atoms with Gasteiger partial charge in [-0.2, -0.15) is 9.21 Å². The third-order valence-electron chi connectivity index (χ3n) is 10.3. The molecule has 52 heavy (non-hydrogen) atoms. The highest BCUT2D eigenvalue weighted by Gasteiger charge is 2.41. The normalized spacial score (nSPS) is 17.8. The van der Waals surface area contributed by atoms with Gasteiger partial charge in [-0.1, -0.05) is 80.8 Å². The molecule has 2 aliphatic rings. The second-order valence-electron chi connectivity index (χ2n) is 13.9. The summed E-state index contributed by atoms with van der Waals surface area (Å²) in [5.41, 5.74) is 7.94. The number of sulfonamides is 1. The first kappa shape index (κ1) is 39.4. The highest BCUT2D eigenvalue weighted by Crippen LogP contribution is 2.29. The number of rotatable bonds is 19. The van der Waals surface area contributed by atoms with E-state index in [1.807, 2.05) is 49.6 Å². The van der Waals surface area contributed by atoms with Crippen LogP contribution in [0.3, 0.4) is 0 Å². The van der Waals surface area contributed by atoms with Crippen molar-refractivity contribution < 1.29 is 23.1 Å². The van der Waals surface area contributed by atoms with Crippen molar-refractivity contribution in [3.8, 4) is 0 Å². The summed E-state index contributed by atoms with van der Waals surface area (Å²) in [5, 5.41) is 20.6. The molecule has 1 aromatic heterocycles. The quantitative estimate of drug-likeness (QED) is 0.150. The standard InChI is InChI=1S/C37H51N7O6S2/c1-3-26(2)35(44-18-17-42(37(44)47)23-30-25-51-34(20-38)40-30)36(46)41-32(19-27-9-5-4-6-10-27)33(45)24-43(22-29-11-7-8-12-29)52(49,50)31-15-13-28(14-16-31)21-39-48/h4-6,9-10,13-16,25-26,29,32-33,35,45H,3,7-8,11-12,17-24,38H2,1-2H3,(H,41,46)/t26-,32-,33+,35-/m0/s1. The number of hydrogen-bond donors (Lipinski definition) is 3. The number of hydrogen-bond acceptors (Lipinski definition) is 10. The summed E-state index contributed by atoms with van der Waals surface area (Å²) >= 11 is 1.45. The number of nitrogens with one attached hydrogen (secondary N) is 1. The molecular formula is C37H51N7O6S2. The maximum Gasteiger partial charge on any atom is 0.321 e. The van der Waals surface area contributed by atoms with Gasteiger partial charge in [-0.05, 0) is 54.4 Å². The van der Waals surface area contributed by atoms with E-state index in [4.69, 9.17) is 5.73 Å². The molecule has 3 aromatic rings. The molecule has 2 aromatic carbocycles. The van der Waals surface area contributed by atoms with Gasteiger partial charge in [0.15, 0.2) is 0 Å². The maximum atomic E-state index is 14.3. The minimum absolute atomic E-state index is 0.0572. The lowest BCUT2D eigenvalue weighted by molar-refractivity contribution is -0.128. The van der Waals surface area contributed by atoms with Crippen LogP contribution in [-0.4, -0.2) is 88.9 Å². The van der Waals surface area contributed by atoms with Gasteiger partial charge >= 0.3 is 6.03 Å². The summed E-state index contributed by atoms with van der Waals surface area (Å²) in [6.07, 6.45) is 3.43. The van der Waals surface area contributed by atoms with Crippen LogP contribution >= 0.6 is 11.3 Å². The molecule has 0 bridgehead atoms. The van der Waals surface area contributed by atoms with Gasteiger partial charge in [-0.15, -0.1) is 11.3 Å². The summed E-state index contributed by atoms with van der Waals surface area (Å²) < 4.78 is 29.6. The van der Waals surface area contributed by atoms with Crippen LogP contribution in [0.15, 0.2) is 70.0 Å². The monoisotopic (exact) mass is 753 g/mol. The summed E-state index contributed by atoms with van der Waals surface area (Å²) in [4.78, 5) is 46.7. The third-order valence-corrected chi connectivity index (χ3v) is 13.0. The minimum Gasteiger partial charge on any atom is -0.390 e. The van der Waals surface area contributed by atoms with E-state index in [2.05, 4.69) is 15.5 Å². The molecule has 5 rings (SSSR count). The predicted octanol–water partition coefficient (Wildman–Crippen LogP) is 4.49. The van der Waals surface area contributed by atoms with E-state index in [-0.39, 0.29) is 48.8 Å². The largest absolute Gasteiger partial charge is 0.390 e. The summed E-state index contributed by atoms with van der Waals surface area (Å²) in [6.45, 7) is 5.28. The van der Waals surface area contributed by atoms with Gasteiger partial charge in [-0.25, -0.2) is 18.2 Å². The van der Waals surface area contributed by atoms with Crippen LogP contribution < -0.4 is 11.1 Å². The number of aliphatic hydroxyl groups is 1. The second kappa shape index (κ2) is 18.3. The Morgan fingerprint density at radius 3 is 2.46 bits per heavy atom. The zero-order valence-electron chi connectivity index (χ0n) is 30.0. The fourth-order valence-electron chi connectivity index (χ4n) is 7.14. The first-order valence-corrected chi connectivity index (χ1v) is 20.4. The molecule has 282 valence electrons. The van der Waals surface area contributed by atoms with Crippen molar-refractivity contribution in [2.75, 3.05) is 26.2 Å². The van der Waals surface area contributed by atoms with Crippen LogP contribution in [0.5, 0.6) is 0 Å². The van der Waals surface area contributed by atoms with Crippen LogP contribution in [-0.2, 0) is 40.9 Å². The molecule has 4 atom stereocenters. The van der Waals surface area contributed by atoms with E-state index in [0.717, 1.165) is 41.9 Å². The highest BCUT2D eigenvalue weighted by atomic mass is 32.2. The van der Waals surface area contributed by atoms with Gasteiger partial charge in [0.1, 0.15) is 17.6 Å². The Hall–Kier alpha value is -3.76. The first-order chi connectivity index (χ1) is 25.0. The minimum atomic E-state index is -4.05. The number of thiazole rings is 1. The Morgan fingerprint density at radius 1 is 1.12 bits per heavy atom. The molecule has 2 heterocycles. The molecule has 0 unspecified atom stereocenters. The molecule has 1 saturated carbocycles. The van der Waals surface area contributed by atoms with Crippen LogP contribution in [0, 0.1) is 16.7 Å². The summed E-state index contributed by atoms with van der Waals surface area (Å²) in [6, 6.07) is 13.6. The molecule has 1 aliphatic heterocycles. The van der Waals surface area contributed by atoms with E-state index < -0.39 is 34.1 Å². The summed E-state index contributed by atoms with van der Waals surface area (Å²) in [5.74, 6) is -0.445. The zero-order chi connectivity index (χ0) is 37.3. The average Bonchev–Trinajstić information content (AvgIpc) is 3.91. The Kier molecular flexibility index (Phi) is 13.9. The Labute approximate surface area is 310 Å². The number of aliphatic hydroxyl groups excluding tert-OH is 1. The van der Waals surface area contributed by atoms with Gasteiger partial charge in [0.2, 0.25) is 15.9 Å². The second-order valence-corrected chi connectivity index (χ2v) is 16.8. The molecule has 0 spiro atoms. The summed E-state index contributed by atoms with van der Waals surface area (Å²) in [7, 11) is -4.05. The Balaban J connectivity index is 1.38. The van der Waals surface area contributed by atoms with E-state index >= 15 is 0 Å². The number of urea groups is 1. The van der Waals surface area contributed by atoms with Crippen molar-refractivity contribution in [2.45, 2.75) is 95.1 Å². The lowest BCUT2D eigenvalue weighted by Crippen LogP contribution is -2.57. The molecule has 3 amide bonds. The molecule has 1 aliphatic carbocycles. The number of benzene rings is 2. The number of carbonyl (C=O) groups excluding carboxylic acids is 2. The van der Waals surface area contributed by atoms with Gasteiger partial charge in [0, 0.05) is 38.1 Å².